The minimum absolute atomic E-state index is 0.0456. The van der Waals surface area contributed by atoms with Gasteiger partial charge in [-0.25, -0.2) is 0 Å². The quantitative estimate of drug-likeness (QED) is 0.553. The molecule has 33 heavy (non-hydrogen) atoms. The van der Waals surface area contributed by atoms with Gasteiger partial charge < -0.3 is 24.1 Å². The zero-order valence-electron chi connectivity index (χ0n) is 19.0. The largest absolute Gasteiger partial charge is 0.497 e. The number of likely N-dealkylation sites (tertiary alicyclic amines) is 1. The molecule has 9 heteroatoms. The predicted octanol–water partition coefficient (Wildman–Crippen LogP) is 3.61. The first-order valence-corrected chi connectivity index (χ1v) is 10.8. The van der Waals surface area contributed by atoms with Gasteiger partial charge in [0.05, 0.1) is 39.5 Å². The van der Waals surface area contributed by atoms with E-state index in [0.717, 1.165) is 30.7 Å². The van der Waals surface area contributed by atoms with Crippen molar-refractivity contribution in [1.29, 1.82) is 0 Å². The van der Waals surface area contributed by atoms with E-state index in [2.05, 4.69) is 20.4 Å². The fraction of sp³-hybridized carbons (Fsp3) is 0.375. The number of nitrogens with zero attached hydrogens (tertiary/aromatic N) is 3. The van der Waals surface area contributed by atoms with Crippen LogP contribution in [0.15, 0.2) is 47.0 Å². The number of methoxy groups -OCH3 is 3. The van der Waals surface area contributed by atoms with Crippen LogP contribution in [0, 0.1) is 5.92 Å². The molecule has 0 aliphatic carbocycles. The first-order valence-electron chi connectivity index (χ1n) is 10.8. The Morgan fingerprint density at radius 3 is 2.58 bits per heavy atom. The first-order chi connectivity index (χ1) is 16.1. The van der Waals surface area contributed by atoms with E-state index in [-0.39, 0.29) is 11.8 Å². The zero-order chi connectivity index (χ0) is 23.2. The van der Waals surface area contributed by atoms with Gasteiger partial charge in [0.1, 0.15) is 17.2 Å². The Labute approximate surface area is 192 Å². The van der Waals surface area contributed by atoms with Crippen molar-refractivity contribution in [3.63, 3.8) is 0 Å². The van der Waals surface area contributed by atoms with Crippen molar-refractivity contribution in [2.75, 3.05) is 39.7 Å². The number of carbonyl (C=O) groups is 1. The molecule has 2 aromatic carbocycles. The summed E-state index contributed by atoms with van der Waals surface area (Å²) in [4.78, 5) is 19.7. The van der Waals surface area contributed by atoms with Crippen LogP contribution in [0.4, 0.5) is 5.69 Å². The van der Waals surface area contributed by atoms with Gasteiger partial charge >= 0.3 is 0 Å². The summed E-state index contributed by atoms with van der Waals surface area (Å²) in [5.41, 5.74) is 1.45. The monoisotopic (exact) mass is 452 g/mol. The second-order valence-corrected chi connectivity index (χ2v) is 7.87. The first kappa shape index (κ1) is 22.6. The van der Waals surface area contributed by atoms with Crippen LogP contribution in [0.3, 0.4) is 0 Å². The van der Waals surface area contributed by atoms with E-state index in [1.54, 1.807) is 39.5 Å². The number of rotatable bonds is 8. The summed E-state index contributed by atoms with van der Waals surface area (Å²) in [6, 6.07) is 12.8. The third kappa shape index (κ3) is 5.43. The van der Waals surface area contributed by atoms with Crippen LogP contribution in [-0.4, -0.2) is 55.4 Å². The molecule has 1 aromatic heterocycles. The van der Waals surface area contributed by atoms with Crippen LogP contribution in [-0.2, 0) is 11.3 Å². The average Bonchev–Trinajstić information content (AvgIpc) is 3.32. The number of hydrogen-bond donors (Lipinski definition) is 1. The van der Waals surface area contributed by atoms with Gasteiger partial charge in [0, 0.05) is 18.2 Å². The molecule has 0 saturated carbocycles. The number of piperidine rings is 1. The maximum absolute atomic E-state index is 13.0. The minimum Gasteiger partial charge on any atom is -0.497 e. The summed E-state index contributed by atoms with van der Waals surface area (Å²) in [7, 11) is 4.79. The summed E-state index contributed by atoms with van der Waals surface area (Å²) >= 11 is 0. The molecule has 0 spiro atoms. The third-order valence-corrected chi connectivity index (χ3v) is 5.72. The van der Waals surface area contributed by atoms with Gasteiger partial charge in [-0.3, -0.25) is 9.69 Å². The molecule has 1 amide bonds. The average molecular weight is 453 g/mol. The Hall–Kier alpha value is -3.59. The molecule has 0 radical (unpaired) electrons. The van der Waals surface area contributed by atoms with Crippen LogP contribution in [0.2, 0.25) is 0 Å². The highest BCUT2D eigenvalue weighted by Gasteiger charge is 2.27. The summed E-state index contributed by atoms with van der Waals surface area (Å²) in [5, 5.41) is 7.09. The molecule has 1 atom stereocenters. The standard InChI is InChI=1S/C24H28N4O5/c1-30-18-8-6-16(7-9-18)23-26-22(33-27-23)15-28-12-4-5-17(14-28)24(29)25-20-13-19(31-2)10-11-21(20)32-3/h6-11,13,17H,4-5,12,14-15H2,1-3H3,(H,25,29). The lowest BCUT2D eigenvalue weighted by molar-refractivity contribution is -0.121. The van der Waals surface area contributed by atoms with E-state index in [1.807, 2.05) is 24.3 Å². The Morgan fingerprint density at radius 1 is 1.09 bits per heavy atom. The molecule has 1 unspecified atom stereocenters. The molecule has 0 bridgehead atoms. The van der Waals surface area contributed by atoms with E-state index in [0.29, 0.717) is 42.0 Å². The summed E-state index contributed by atoms with van der Waals surface area (Å²) in [6.07, 6.45) is 1.72. The molecule has 1 N–H and O–H groups in total. The summed E-state index contributed by atoms with van der Waals surface area (Å²) < 4.78 is 21.3. The van der Waals surface area contributed by atoms with Gasteiger partial charge in [-0.05, 0) is 55.8 Å². The number of aromatic nitrogens is 2. The third-order valence-electron chi connectivity index (χ3n) is 5.72. The van der Waals surface area contributed by atoms with E-state index in [9.17, 15) is 4.79 Å². The fourth-order valence-electron chi connectivity index (χ4n) is 3.93. The molecular formula is C24H28N4O5. The van der Waals surface area contributed by atoms with Crippen LogP contribution in [0.25, 0.3) is 11.4 Å². The molecule has 9 nitrogen and oxygen atoms in total. The topological polar surface area (TPSA) is 99.0 Å². The van der Waals surface area contributed by atoms with Gasteiger partial charge in [-0.2, -0.15) is 4.98 Å². The van der Waals surface area contributed by atoms with Crippen molar-refractivity contribution < 1.29 is 23.5 Å². The lowest BCUT2D eigenvalue weighted by Gasteiger charge is -2.31. The molecule has 1 saturated heterocycles. The van der Waals surface area contributed by atoms with E-state index in [4.69, 9.17) is 18.7 Å². The number of benzene rings is 2. The maximum atomic E-state index is 13.0. The number of amides is 1. The molecule has 1 aliphatic rings. The van der Waals surface area contributed by atoms with E-state index < -0.39 is 0 Å². The molecule has 4 rings (SSSR count). The number of nitrogens with one attached hydrogen (secondary N) is 1. The predicted molar refractivity (Wildman–Crippen MR) is 122 cm³/mol. The van der Waals surface area contributed by atoms with Crippen LogP contribution < -0.4 is 19.5 Å². The van der Waals surface area contributed by atoms with Crippen molar-refractivity contribution in [2.24, 2.45) is 5.92 Å². The zero-order valence-corrected chi connectivity index (χ0v) is 19.0. The Morgan fingerprint density at radius 2 is 1.85 bits per heavy atom. The van der Waals surface area contributed by atoms with E-state index in [1.165, 1.54) is 0 Å². The minimum atomic E-state index is -0.154. The van der Waals surface area contributed by atoms with Crippen molar-refractivity contribution >= 4 is 11.6 Å². The highest BCUT2D eigenvalue weighted by atomic mass is 16.5. The second-order valence-electron chi connectivity index (χ2n) is 7.87. The van der Waals surface area contributed by atoms with Gasteiger partial charge in [-0.1, -0.05) is 5.16 Å². The lowest BCUT2D eigenvalue weighted by atomic mass is 9.97. The number of carbonyl (C=O) groups excluding carboxylic acids is 1. The maximum Gasteiger partial charge on any atom is 0.241 e. The summed E-state index contributed by atoms with van der Waals surface area (Å²) in [5.74, 6) is 2.87. The molecule has 1 fully saturated rings. The van der Waals surface area contributed by atoms with Crippen molar-refractivity contribution in [3.8, 4) is 28.6 Å². The van der Waals surface area contributed by atoms with Gasteiger partial charge in [0.15, 0.2) is 0 Å². The van der Waals surface area contributed by atoms with Crippen molar-refractivity contribution in [3.05, 3.63) is 48.4 Å². The lowest BCUT2D eigenvalue weighted by Crippen LogP contribution is -2.40. The smallest absolute Gasteiger partial charge is 0.241 e. The Kier molecular flexibility index (Phi) is 7.09. The van der Waals surface area contributed by atoms with Crippen LogP contribution in [0.1, 0.15) is 18.7 Å². The molecule has 2 heterocycles. The number of ether oxygens (including phenoxy) is 3. The molecule has 3 aromatic rings. The second kappa shape index (κ2) is 10.4. The number of hydrogen-bond acceptors (Lipinski definition) is 8. The highest BCUT2D eigenvalue weighted by molar-refractivity contribution is 5.94. The summed E-state index contributed by atoms with van der Waals surface area (Å²) in [6.45, 7) is 1.97. The van der Waals surface area contributed by atoms with E-state index >= 15 is 0 Å². The molecule has 1 aliphatic heterocycles. The fourth-order valence-corrected chi connectivity index (χ4v) is 3.93. The van der Waals surface area contributed by atoms with Crippen molar-refractivity contribution in [2.45, 2.75) is 19.4 Å². The van der Waals surface area contributed by atoms with Crippen LogP contribution >= 0.6 is 0 Å². The normalized spacial score (nSPS) is 16.3. The van der Waals surface area contributed by atoms with Crippen LogP contribution in [0.5, 0.6) is 17.2 Å². The van der Waals surface area contributed by atoms with Gasteiger partial charge in [0.25, 0.3) is 0 Å². The van der Waals surface area contributed by atoms with Gasteiger partial charge in [0.2, 0.25) is 17.6 Å². The Balaban J connectivity index is 1.38. The molecule has 174 valence electrons. The Bertz CT molecular complexity index is 1080. The van der Waals surface area contributed by atoms with Crippen molar-refractivity contribution in [1.82, 2.24) is 15.0 Å². The van der Waals surface area contributed by atoms with Gasteiger partial charge in [-0.15, -0.1) is 0 Å². The highest BCUT2D eigenvalue weighted by Crippen LogP contribution is 2.30. The number of anilines is 1. The SMILES string of the molecule is COc1ccc(-c2noc(CN3CCCC(C(=O)Nc4cc(OC)ccc4OC)C3)n2)cc1. The molecular weight excluding hydrogens is 424 g/mol.